The summed E-state index contributed by atoms with van der Waals surface area (Å²) < 4.78 is 38.6. The highest BCUT2D eigenvalue weighted by molar-refractivity contribution is 6.35. The molecule has 2 aromatic rings. The molecule has 2 aromatic carbocycles. The predicted molar refractivity (Wildman–Crippen MR) is 89.9 cm³/mol. The third-order valence-electron chi connectivity index (χ3n) is 3.26. The van der Waals surface area contributed by atoms with Gasteiger partial charge in [-0.15, -0.1) is 0 Å². The second-order valence-corrected chi connectivity index (χ2v) is 5.90. The van der Waals surface area contributed by atoms with Crippen molar-refractivity contribution in [3.63, 3.8) is 0 Å². The van der Waals surface area contributed by atoms with Crippen molar-refractivity contribution in [3.05, 3.63) is 63.6 Å². The van der Waals surface area contributed by atoms with E-state index < -0.39 is 23.9 Å². The number of aliphatic hydroxyl groups is 1. The number of hydrogen-bond donors (Lipinski definition) is 3. The van der Waals surface area contributed by atoms with Crippen molar-refractivity contribution in [2.75, 3.05) is 11.9 Å². The highest BCUT2D eigenvalue weighted by Crippen LogP contribution is 2.34. The lowest BCUT2D eigenvalue weighted by atomic mass is 10.1. The van der Waals surface area contributed by atoms with Gasteiger partial charge in [0, 0.05) is 22.2 Å². The molecule has 2 rings (SSSR count). The number of para-hydroxylation sites is 1. The average Bonchev–Trinajstić information content (AvgIpc) is 2.52. The van der Waals surface area contributed by atoms with Gasteiger partial charge in [0.15, 0.2) is 0 Å². The van der Waals surface area contributed by atoms with Crippen molar-refractivity contribution in [1.82, 2.24) is 5.32 Å². The molecule has 0 heterocycles. The molecule has 25 heavy (non-hydrogen) atoms. The van der Waals surface area contributed by atoms with Gasteiger partial charge in [-0.3, -0.25) is 0 Å². The molecule has 0 aliphatic rings. The molecule has 0 saturated heterocycles. The van der Waals surface area contributed by atoms with Crippen LogP contribution in [0.5, 0.6) is 0 Å². The summed E-state index contributed by atoms with van der Waals surface area (Å²) in [4.78, 5) is 11.8. The normalized spacial score (nSPS) is 12.6. The first kappa shape index (κ1) is 19.4. The van der Waals surface area contributed by atoms with Crippen LogP contribution < -0.4 is 10.6 Å². The number of carbonyl (C=O) groups is 1. The van der Waals surface area contributed by atoms with Crippen LogP contribution in [0.2, 0.25) is 10.0 Å². The van der Waals surface area contributed by atoms with Crippen molar-refractivity contribution < 1.29 is 23.1 Å². The predicted octanol–water partition coefficient (Wildman–Crippen LogP) is 4.87. The van der Waals surface area contributed by atoms with E-state index in [0.717, 1.165) is 12.1 Å². The molecule has 0 fully saturated rings. The number of benzene rings is 2. The quantitative estimate of drug-likeness (QED) is 0.695. The number of alkyl halides is 3. The molecular weight excluding hydrogens is 380 g/mol. The van der Waals surface area contributed by atoms with Gasteiger partial charge in [-0.1, -0.05) is 41.4 Å². The largest absolute Gasteiger partial charge is 0.418 e. The molecule has 0 aliphatic carbocycles. The lowest BCUT2D eigenvalue weighted by Gasteiger charge is -2.16. The summed E-state index contributed by atoms with van der Waals surface area (Å²) in [6, 6.07) is 8.14. The minimum absolute atomic E-state index is 0.213. The van der Waals surface area contributed by atoms with Crippen molar-refractivity contribution in [2.45, 2.75) is 12.3 Å². The Morgan fingerprint density at radius 2 is 1.84 bits per heavy atom. The van der Waals surface area contributed by atoms with Crippen LogP contribution >= 0.6 is 23.2 Å². The Labute approximate surface area is 151 Å². The van der Waals surface area contributed by atoms with Crippen LogP contribution in [0.15, 0.2) is 42.5 Å². The number of urea groups is 1. The van der Waals surface area contributed by atoms with Gasteiger partial charge < -0.3 is 15.7 Å². The fraction of sp³-hybridized carbons (Fsp3) is 0.188. The lowest BCUT2D eigenvalue weighted by molar-refractivity contribution is -0.136. The summed E-state index contributed by atoms with van der Waals surface area (Å²) in [5, 5.41) is 15.0. The maximum Gasteiger partial charge on any atom is 0.418 e. The van der Waals surface area contributed by atoms with Crippen molar-refractivity contribution in [3.8, 4) is 0 Å². The standard InChI is InChI=1S/C16H13Cl2F3N2O2/c17-9-5-6-10(12(18)7-9)14(24)8-22-15(25)23-13-4-2-1-3-11(13)16(19,20)21/h1-7,14,24H,8H2,(H2,22,23,25). The number of rotatable bonds is 4. The Balaban J connectivity index is 2.00. The summed E-state index contributed by atoms with van der Waals surface area (Å²) >= 11 is 11.7. The van der Waals surface area contributed by atoms with E-state index in [1.807, 2.05) is 0 Å². The number of amides is 2. The van der Waals surface area contributed by atoms with Crippen molar-refractivity contribution >= 4 is 34.9 Å². The summed E-state index contributed by atoms with van der Waals surface area (Å²) in [6.45, 7) is -0.249. The number of anilines is 1. The van der Waals surface area contributed by atoms with Crippen LogP contribution in [0.3, 0.4) is 0 Å². The second-order valence-electron chi connectivity index (χ2n) is 5.06. The molecule has 0 aromatic heterocycles. The van der Waals surface area contributed by atoms with Gasteiger partial charge in [0.25, 0.3) is 0 Å². The fourth-order valence-corrected chi connectivity index (χ4v) is 2.61. The third-order valence-corrected chi connectivity index (χ3v) is 3.82. The highest BCUT2D eigenvalue weighted by Gasteiger charge is 2.33. The average molecular weight is 393 g/mol. The van der Waals surface area contributed by atoms with E-state index in [2.05, 4.69) is 10.6 Å². The van der Waals surface area contributed by atoms with Crippen LogP contribution in [-0.2, 0) is 6.18 Å². The zero-order valence-electron chi connectivity index (χ0n) is 12.6. The minimum Gasteiger partial charge on any atom is -0.387 e. The molecule has 0 spiro atoms. The molecule has 1 unspecified atom stereocenters. The molecule has 4 nitrogen and oxygen atoms in total. The molecule has 1 atom stereocenters. The SMILES string of the molecule is O=C(NCC(O)c1ccc(Cl)cc1Cl)Nc1ccccc1C(F)(F)F. The van der Waals surface area contributed by atoms with E-state index in [4.69, 9.17) is 23.2 Å². The Bertz CT molecular complexity index is 769. The van der Waals surface area contributed by atoms with E-state index in [1.54, 1.807) is 0 Å². The van der Waals surface area contributed by atoms with Crippen LogP contribution in [0, 0.1) is 0 Å². The van der Waals surface area contributed by atoms with Gasteiger partial charge in [0.05, 0.1) is 17.4 Å². The van der Waals surface area contributed by atoms with Gasteiger partial charge in [-0.25, -0.2) is 4.79 Å². The Kier molecular flexibility index (Phi) is 6.16. The first-order chi connectivity index (χ1) is 11.7. The number of halogens is 5. The molecule has 0 bridgehead atoms. The van der Waals surface area contributed by atoms with Crippen LogP contribution in [0.25, 0.3) is 0 Å². The molecule has 0 saturated carbocycles. The lowest BCUT2D eigenvalue weighted by Crippen LogP contribution is -2.33. The molecule has 0 aliphatic heterocycles. The van der Waals surface area contributed by atoms with E-state index in [-0.39, 0.29) is 17.3 Å². The first-order valence-corrected chi connectivity index (χ1v) is 7.78. The third kappa shape index (κ3) is 5.26. The maximum absolute atomic E-state index is 12.9. The van der Waals surface area contributed by atoms with Gasteiger partial charge in [-0.05, 0) is 24.3 Å². The smallest absolute Gasteiger partial charge is 0.387 e. The molecular formula is C16H13Cl2F3N2O2. The van der Waals surface area contributed by atoms with Crippen LogP contribution in [0.4, 0.5) is 23.7 Å². The number of nitrogens with one attached hydrogen (secondary N) is 2. The monoisotopic (exact) mass is 392 g/mol. The topological polar surface area (TPSA) is 61.4 Å². The highest BCUT2D eigenvalue weighted by atomic mass is 35.5. The van der Waals surface area contributed by atoms with Crippen LogP contribution in [0.1, 0.15) is 17.2 Å². The Hall–Kier alpha value is -1.96. The van der Waals surface area contributed by atoms with Crippen LogP contribution in [-0.4, -0.2) is 17.7 Å². The van der Waals surface area contributed by atoms with E-state index in [9.17, 15) is 23.1 Å². The summed E-state index contributed by atoms with van der Waals surface area (Å²) in [5.74, 6) is 0. The van der Waals surface area contributed by atoms with Gasteiger partial charge >= 0.3 is 12.2 Å². The van der Waals surface area contributed by atoms with E-state index in [1.165, 1.54) is 30.3 Å². The molecule has 9 heteroatoms. The molecule has 134 valence electrons. The van der Waals surface area contributed by atoms with Gasteiger partial charge in [-0.2, -0.15) is 13.2 Å². The Morgan fingerprint density at radius 1 is 1.16 bits per heavy atom. The van der Waals surface area contributed by atoms with E-state index in [0.29, 0.717) is 10.6 Å². The summed E-state index contributed by atoms with van der Waals surface area (Å²) in [7, 11) is 0. The molecule has 3 N–H and O–H groups in total. The summed E-state index contributed by atoms with van der Waals surface area (Å²) in [5.41, 5.74) is -1.01. The fourth-order valence-electron chi connectivity index (χ4n) is 2.08. The van der Waals surface area contributed by atoms with Crippen molar-refractivity contribution in [1.29, 1.82) is 0 Å². The van der Waals surface area contributed by atoms with Gasteiger partial charge in [0.1, 0.15) is 0 Å². The zero-order chi connectivity index (χ0) is 18.6. The maximum atomic E-state index is 12.9. The van der Waals surface area contributed by atoms with E-state index >= 15 is 0 Å². The van der Waals surface area contributed by atoms with Gasteiger partial charge in [0.2, 0.25) is 0 Å². The number of aliphatic hydroxyl groups excluding tert-OH is 1. The number of carbonyl (C=O) groups excluding carboxylic acids is 1. The first-order valence-electron chi connectivity index (χ1n) is 7.02. The molecule has 0 radical (unpaired) electrons. The molecule has 2 amide bonds. The minimum atomic E-state index is -4.60. The summed E-state index contributed by atoms with van der Waals surface area (Å²) in [6.07, 6.45) is -5.74. The number of hydrogen-bond acceptors (Lipinski definition) is 2. The second kappa shape index (κ2) is 7.95. The van der Waals surface area contributed by atoms with Crippen molar-refractivity contribution in [2.24, 2.45) is 0 Å². The zero-order valence-corrected chi connectivity index (χ0v) is 14.1. The Morgan fingerprint density at radius 3 is 2.48 bits per heavy atom.